The zero-order chi connectivity index (χ0) is 9.52. The third-order valence-electron chi connectivity index (χ3n) is 3.08. The van der Waals surface area contributed by atoms with E-state index in [9.17, 15) is 0 Å². The first-order chi connectivity index (χ1) is 6.36. The number of hydrogen-bond acceptors (Lipinski definition) is 2. The van der Waals surface area contributed by atoms with Gasteiger partial charge in [0, 0.05) is 12.1 Å². The van der Waals surface area contributed by atoms with Gasteiger partial charge in [-0.3, -0.25) is 0 Å². The zero-order valence-electron chi connectivity index (χ0n) is 8.89. The topological polar surface area (TPSA) is 38.0 Å². The Labute approximate surface area is 82.3 Å². The Morgan fingerprint density at radius 1 is 1.31 bits per heavy atom. The van der Waals surface area contributed by atoms with Crippen molar-refractivity contribution in [1.29, 1.82) is 0 Å². The van der Waals surface area contributed by atoms with E-state index in [-0.39, 0.29) is 0 Å². The van der Waals surface area contributed by atoms with E-state index < -0.39 is 0 Å². The normalized spacial score (nSPS) is 21.7. The molecule has 0 amide bonds. The summed E-state index contributed by atoms with van der Waals surface area (Å²) in [4.78, 5) is 0. The second-order valence-corrected chi connectivity index (χ2v) is 4.18. The van der Waals surface area contributed by atoms with Crippen molar-refractivity contribution >= 4 is 0 Å². The molecule has 1 atom stereocenters. The molecule has 3 N–H and O–H groups in total. The van der Waals surface area contributed by atoms with Crippen molar-refractivity contribution in [3.05, 3.63) is 0 Å². The number of hydrogen-bond donors (Lipinski definition) is 2. The van der Waals surface area contributed by atoms with E-state index in [1.54, 1.807) is 0 Å². The second-order valence-electron chi connectivity index (χ2n) is 4.18. The Kier molecular flexibility index (Phi) is 5.40. The van der Waals surface area contributed by atoms with E-state index in [0.29, 0.717) is 6.04 Å². The summed E-state index contributed by atoms with van der Waals surface area (Å²) >= 11 is 0. The minimum Gasteiger partial charge on any atom is -0.330 e. The van der Waals surface area contributed by atoms with Crippen molar-refractivity contribution in [2.45, 2.75) is 64.0 Å². The summed E-state index contributed by atoms with van der Waals surface area (Å²) in [7, 11) is 0. The van der Waals surface area contributed by atoms with Crippen LogP contribution in [-0.4, -0.2) is 18.6 Å². The first-order valence-corrected chi connectivity index (χ1v) is 5.83. The standard InChI is InChI=1S/C11H24N2/c1-2-10(8-9-12)13-11-6-4-3-5-7-11/h10-11,13H,2-9,12H2,1H3. The van der Waals surface area contributed by atoms with E-state index in [0.717, 1.165) is 19.0 Å². The van der Waals surface area contributed by atoms with Crippen LogP contribution in [-0.2, 0) is 0 Å². The molecular formula is C11H24N2. The maximum absolute atomic E-state index is 5.57. The Bertz CT molecular complexity index is 117. The van der Waals surface area contributed by atoms with Gasteiger partial charge in [-0.25, -0.2) is 0 Å². The lowest BCUT2D eigenvalue weighted by molar-refractivity contribution is 0.324. The summed E-state index contributed by atoms with van der Waals surface area (Å²) in [6, 6.07) is 1.44. The highest BCUT2D eigenvalue weighted by Crippen LogP contribution is 2.18. The summed E-state index contributed by atoms with van der Waals surface area (Å²) in [5, 5.41) is 3.73. The Balaban J connectivity index is 2.18. The molecule has 0 spiro atoms. The number of nitrogens with two attached hydrogens (primary N) is 1. The molecule has 0 aliphatic heterocycles. The Morgan fingerprint density at radius 3 is 2.54 bits per heavy atom. The first-order valence-electron chi connectivity index (χ1n) is 5.83. The fourth-order valence-corrected chi connectivity index (χ4v) is 2.21. The third kappa shape index (κ3) is 4.10. The van der Waals surface area contributed by atoms with Crippen molar-refractivity contribution in [1.82, 2.24) is 5.32 Å². The van der Waals surface area contributed by atoms with Crippen molar-refractivity contribution in [2.75, 3.05) is 6.54 Å². The minimum atomic E-state index is 0.660. The highest BCUT2D eigenvalue weighted by Gasteiger charge is 2.15. The van der Waals surface area contributed by atoms with E-state index in [1.165, 1.54) is 38.5 Å². The van der Waals surface area contributed by atoms with Gasteiger partial charge in [0.05, 0.1) is 0 Å². The van der Waals surface area contributed by atoms with Crippen LogP contribution >= 0.6 is 0 Å². The van der Waals surface area contributed by atoms with Crippen LogP contribution in [0.1, 0.15) is 51.9 Å². The van der Waals surface area contributed by atoms with Crippen LogP contribution < -0.4 is 11.1 Å². The molecular weight excluding hydrogens is 160 g/mol. The van der Waals surface area contributed by atoms with Crippen molar-refractivity contribution in [3.8, 4) is 0 Å². The fraction of sp³-hybridized carbons (Fsp3) is 1.00. The van der Waals surface area contributed by atoms with Crippen LogP contribution in [0.15, 0.2) is 0 Å². The molecule has 0 aromatic heterocycles. The van der Waals surface area contributed by atoms with Gasteiger partial charge in [-0.2, -0.15) is 0 Å². The van der Waals surface area contributed by atoms with Gasteiger partial charge in [0.1, 0.15) is 0 Å². The van der Waals surface area contributed by atoms with Gasteiger partial charge in [-0.1, -0.05) is 26.2 Å². The SMILES string of the molecule is CCC(CCN)NC1CCCCC1. The molecule has 2 heteroatoms. The summed E-state index contributed by atoms with van der Waals surface area (Å²) < 4.78 is 0. The molecule has 78 valence electrons. The molecule has 2 nitrogen and oxygen atoms in total. The lowest BCUT2D eigenvalue weighted by Crippen LogP contribution is -2.40. The molecule has 0 aromatic rings. The maximum atomic E-state index is 5.57. The predicted molar refractivity (Wildman–Crippen MR) is 57.8 cm³/mol. The lowest BCUT2D eigenvalue weighted by atomic mass is 9.94. The molecule has 1 saturated carbocycles. The van der Waals surface area contributed by atoms with Crippen LogP contribution in [0.3, 0.4) is 0 Å². The summed E-state index contributed by atoms with van der Waals surface area (Å²) in [6.45, 7) is 3.06. The molecule has 1 aliphatic carbocycles. The average molecular weight is 184 g/mol. The van der Waals surface area contributed by atoms with Crippen LogP contribution in [0, 0.1) is 0 Å². The van der Waals surface area contributed by atoms with Crippen LogP contribution in [0.2, 0.25) is 0 Å². The van der Waals surface area contributed by atoms with Gasteiger partial charge >= 0.3 is 0 Å². The molecule has 13 heavy (non-hydrogen) atoms. The van der Waals surface area contributed by atoms with Crippen molar-refractivity contribution < 1.29 is 0 Å². The molecule has 0 aromatic carbocycles. The Hall–Kier alpha value is -0.0800. The molecule has 0 saturated heterocycles. The maximum Gasteiger partial charge on any atom is 0.00790 e. The number of nitrogens with one attached hydrogen (secondary N) is 1. The predicted octanol–water partition coefficient (Wildman–Crippen LogP) is 2.04. The molecule has 1 rings (SSSR count). The molecule has 1 aliphatic rings. The van der Waals surface area contributed by atoms with Gasteiger partial charge in [-0.05, 0) is 32.2 Å². The van der Waals surface area contributed by atoms with Crippen LogP contribution in [0.5, 0.6) is 0 Å². The van der Waals surface area contributed by atoms with Crippen molar-refractivity contribution in [3.63, 3.8) is 0 Å². The molecule has 0 heterocycles. The third-order valence-corrected chi connectivity index (χ3v) is 3.08. The van der Waals surface area contributed by atoms with Gasteiger partial charge in [0.2, 0.25) is 0 Å². The summed E-state index contributed by atoms with van der Waals surface area (Å²) in [6.07, 6.45) is 9.36. The highest BCUT2D eigenvalue weighted by molar-refractivity contribution is 4.76. The van der Waals surface area contributed by atoms with E-state index in [2.05, 4.69) is 12.2 Å². The van der Waals surface area contributed by atoms with E-state index >= 15 is 0 Å². The molecule has 1 fully saturated rings. The lowest BCUT2D eigenvalue weighted by Gasteiger charge is -2.27. The fourth-order valence-electron chi connectivity index (χ4n) is 2.21. The van der Waals surface area contributed by atoms with Crippen LogP contribution in [0.4, 0.5) is 0 Å². The van der Waals surface area contributed by atoms with Crippen LogP contribution in [0.25, 0.3) is 0 Å². The summed E-state index contributed by atoms with van der Waals surface area (Å²) in [5.41, 5.74) is 5.57. The average Bonchev–Trinajstić information content (AvgIpc) is 2.19. The smallest absolute Gasteiger partial charge is 0.00790 e. The zero-order valence-corrected chi connectivity index (χ0v) is 8.89. The van der Waals surface area contributed by atoms with Crippen molar-refractivity contribution in [2.24, 2.45) is 5.73 Å². The molecule has 0 radical (unpaired) electrons. The van der Waals surface area contributed by atoms with Gasteiger partial charge in [0.15, 0.2) is 0 Å². The van der Waals surface area contributed by atoms with Gasteiger partial charge in [-0.15, -0.1) is 0 Å². The van der Waals surface area contributed by atoms with E-state index in [4.69, 9.17) is 5.73 Å². The van der Waals surface area contributed by atoms with Gasteiger partial charge < -0.3 is 11.1 Å². The highest BCUT2D eigenvalue weighted by atomic mass is 14.9. The number of rotatable bonds is 5. The van der Waals surface area contributed by atoms with Gasteiger partial charge in [0.25, 0.3) is 0 Å². The monoisotopic (exact) mass is 184 g/mol. The molecule has 0 bridgehead atoms. The minimum absolute atomic E-state index is 0.660. The Morgan fingerprint density at radius 2 is 2.00 bits per heavy atom. The quantitative estimate of drug-likeness (QED) is 0.686. The molecule has 1 unspecified atom stereocenters. The largest absolute Gasteiger partial charge is 0.330 e. The first kappa shape index (κ1) is 11.0. The second kappa shape index (κ2) is 6.39. The van der Waals surface area contributed by atoms with E-state index in [1.807, 2.05) is 0 Å². The summed E-state index contributed by atoms with van der Waals surface area (Å²) in [5.74, 6) is 0.